The molecule has 0 aliphatic rings. The Bertz CT molecular complexity index is 286. The number of nitrogen functional groups attached to an aromatic ring is 1. The van der Waals surface area contributed by atoms with Gasteiger partial charge in [-0.3, -0.25) is 0 Å². The fourth-order valence-electron chi connectivity index (χ4n) is 0.931. The third kappa shape index (κ3) is 2.93. The van der Waals surface area contributed by atoms with Crippen LogP contribution in [0.1, 0.15) is 12.5 Å². The van der Waals surface area contributed by atoms with E-state index in [1.54, 1.807) is 12.1 Å². The monoisotopic (exact) mass is 183 g/mol. The van der Waals surface area contributed by atoms with Crippen LogP contribution in [0.2, 0.25) is 0 Å². The van der Waals surface area contributed by atoms with Crippen LogP contribution >= 0.6 is 0 Å². The molecule has 0 radical (unpaired) electrons. The summed E-state index contributed by atoms with van der Waals surface area (Å²) in [5.41, 5.74) is 6.63. The van der Waals surface area contributed by atoms with Crippen molar-refractivity contribution in [2.45, 2.75) is 19.8 Å². The number of ether oxygens (including phenoxy) is 1. The summed E-state index contributed by atoms with van der Waals surface area (Å²) in [6, 6.07) is 4.70. The summed E-state index contributed by atoms with van der Waals surface area (Å²) in [5.74, 6) is 0.120. The van der Waals surface area contributed by atoms with E-state index in [0.717, 1.165) is 0 Å². The number of aromatic hydroxyl groups is 1. The van der Waals surface area contributed by atoms with E-state index in [1.165, 1.54) is 13.0 Å². The van der Waals surface area contributed by atoms with Crippen molar-refractivity contribution in [3.63, 3.8) is 0 Å². The molecule has 1 aromatic carbocycles. The van der Waals surface area contributed by atoms with Crippen molar-refractivity contribution < 1.29 is 14.9 Å². The molecule has 13 heavy (non-hydrogen) atoms. The quantitative estimate of drug-likeness (QED) is 0.368. The lowest BCUT2D eigenvalue weighted by atomic mass is 10.2. The lowest BCUT2D eigenvalue weighted by molar-refractivity contribution is -0.0942. The second-order valence-electron chi connectivity index (χ2n) is 2.80. The second-order valence-corrected chi connectivity index (χ2v) is 2.80. The molecule has 72 valence electrons. The first-order chi connectivity index (χ1) is 6.09. The van der Waals surface area contributed by atoms with E-state index in [9.17, 15) is 5.11 Å². The second kappa shape index (κ2) is 4.11. The van der Waals surface area contributed by atoms with Crippen LogP contribution in [0.15, 0.2) is 18.2 Å². The van der Waals surface area contributed by atoms with Gasteiger partial charge >= 0.3 is 0 Å². The van der Waals surface area contributed by atoms with Gasteiger partial charge in [0, 0.05) is 11.3 Å². The normalized spacial score (nSPS) is 12.8. The Labute approximate surface area is 76.6 Å². The molecule has 4 N–H and O–H groups in total. The van der Waals surface area contributed by atoms with Crippen molar-refractivity contribution in [2.24, 2.45) is 0 Å². The van der Waals surface area contributed by atoms with Crippen molar-refractivity contribution >= 4 is 5.69 Å². The van der Waals surface area contributed by atoms with Gasteiger partial charge in [-0.05, 0) is 25.1 Å². The smallest absolute Gasteiger partial charge is 0.152 e. The third-order valence-corrected chi connectivity index (χ3v) is 1.58. The molecule has 0 spiro atoms. The molecular formula is C9H13NO3. The minimum Gasteiger partial charge on any atom is -0.508 e. The zero-order valence-electron chi connectivity index (χ0n) is 7.40. The number of rotatable bonds is 3. The van der Waals surface area contributed by atoms with Crippen LogP contribution in [0.3, 0.4) is 0 Å². The molecule has 0 heterocycles. The molecule has 4 heteroatoms. The SMILES string of the molecule is CC(O)OCc1cc(N)ccc1O. The van der Waals surface area contributed by atoms with Crippen molar-refractivity contribution in [1.29, 1.82) is 0 Å². The van der Waals surface area contributed by atoms with Crippen LogP contribution in [0.4, 0.5) is 5.69 Å². The van der Waals surface area contributed by atoms with E-state index in [0.29, 0.717) is 11.3 Å². The fraction of sp³-hybridized carbons (Fsp3) is 0.333. The summed E-state index contributed by atoms with van der Waals surface area (Å²) in [6.45, 7) is 1.65. The first kappa shape index (κ1) is 9.83. The number of aliphatic hydroxyl groups excluding tert-OH is 1. The zero-order chi connectivity index (χ0) is 9.84. The van der Waals surface area contributed by atoms with Crippen molar-refractivity contribution in [3.05, 3.63) is 23.8 Å². The predicted octanol–water partition coefficient (Wildman–Crippen LogP) is 0.829. The molecule has 1 atom stereocenters. The Morgan fingerprint density at radius 3 is 2.85 bits per heavy atom. The molecule has 4 nitrogen and oxygen atoms in total. The lowest BCUT2D eigenvalue weighted by Gasteiger charge is -2.08. The van der Waals surface area contributed by atoms with Gasteiger partial charge in [0.2, 0.25) is 0 Å². The Balaban J connectivity index is 2.70. The number of nitrogens with two attached hydrogens (primary N) is 1. The van der Waals surface area contributed by atoms with Gasteiger partial charge in [-0.15, -0.1) is 0 Å². The summed E-state index contributed by atoms with van der Waals surface area (Å²) < 4.78 is 4.90. The largest absolute Gasteiger partial charge is 0.508 e. The average Bonchev–Trinajstić information content (AvgIpc) is 2.06. The molecule has 1 rings (SSSR count). The molecule has 0 saturated carbocycles. The minimum atomic E-state index is -0.846. The van der Waals surface area contributed by atoms with Gasteiger partial charge in [-0.1, -0.05) is 0 Å². The summed E-state index contributed by atoms with van der Waals surface area (Å²) in [5, 5.41) is 18.2. The Morgan fingerprint density at radius 1 is 1.54 bits per heavy atom. The molecular weight excluding hydrogens is 170 g/mol. The number of aliphatic hydroxyl groups is 1. The van der Waals surface area contributed by atoms with Crippen LogP contribution < -0.4 is 5.73 Å². The first-order valence-corrected chi connectivity index (χ1v) is 3.96. The summed E-state index contributed by atoms with van der Waals surface area (Å²) >= 11 is 0. The maximum Gasteiger partial charge on any atom is 0.152 e. The highest BCUT2D eigenvalue weighted by Gasteiger charge is 2.03. The Morgan fingerprint density at radius 2 is 2.23 bits per heavy atom. The Hall–Kier alpha value is -1.26. The van der Waals surface area contributed by atoms with Crippen molar-refractivity contribution in [3.8, 4) is 5.75 Å². The molecule has 0 fully saturated rings. The molecule has 0 aromatic heterocycles. The minimum absolute atomic E-state index is 0.120. The summed E-state index contributed by atoms with van der Waals surface area (Å²) in [7, 11) is 0. The highest BCUT2D eigenvalue weighted by atomic mass is 16.6. The van der Waals surface area contributed by atoms with Gasteiger partial charge < -0.3 is 20.7 Å². The predicted molar refractivity (Wildman–Crippen MR) is 49.0 cm³/mol. The molecule has 1 aromatic rings. The average molecular weight is 183 g/mol. The standard InChI is InChI=1S/C9H13NO3/c1-6(11)13-5-7-4-8(10)2-3-9(7)12/h2-4,6,11-12H,5,10H2,1H3. The van der Waals surface area contributed by atoms with Crippen LogP contribution in [-0.2, 0) is 11.3 Å². The summed E-state index contributed by atoms with van der Waals surface area (Å²) in [6.07, 6.45) is -0.846. The van der Waals surface area contributed by atoms with Crippen LogP contribution in [0, 0.1) is 0 Å². The van der Waals surface area contributed by atoms with Crippen molar-refractivity contribution in [2.75, 3.05) is 5.73 Å². The van der Waals surface area contributed by atoms with Gasteiger partial charge in [0.15, 0.2) is 6.29 Å². The third-order valence-electron chi connectivity index (χ3n) is 1.58. The molecule has 0 bridgehead atoms. The highest BCUT2D eigenvalue weighted by molar-refractivity contribution is 5.46. The number of phenolic OH excluding ortho intramolecular Hbond substituents is 1. The van der Waals surface area contributed by atoms with Gasteiger partial charge in [0.25, 0.3) is 0 Å². The van der Waals surface area contributed by atoms with Crippen LogP contribution in [0.5, 0.6) is 5.75 Å². The van der Waals surface area contributed by atoms with Crippen LogP contribution in [0.25, 0.3) is 0 Å². The topological polar surface area (TPSA) is 75.7 Å². The first-order valence-electron chi connectivity index (χ1n) is 3.96. The molecule has 0 aliphatic heterocycles. The maximum absolute atomic E-state index is 9.33. The van der Waals surface area contributed by atoms with Crippen molar-refractivity contribution in [1.82, 2.24) is 0 Å². The fourth-order valence-corrected chi connectivity index (χ4v) is 0.931. The maximum atomic E-state index is 9.33. The number of phenols is 1. The number of hydrogen-bond acceptors (Lipinski definition) is 4. The molecule has 0 amide bonds. The highest BCUT2D eigenvalue weighted by Crippen LogP contribution is 2.20. The number of benzene rings is 1. The summed E-state index contributed by atoms with van der Waals surface area (Å²) in [4.78, 5) is 0. The van der Waals surface area contributed by atoms with E-state index in [-0.39, 0.29) is 12.4 Å². The zero-order valence-corrected chi connectivity index (χ0v) is 7.40. The Kier molecular flexibility index (Phi) is 3.11. The number of anilines is 1. The van der Waals surface area contributed by atoms with Crippen LogP contribution in [-0.4, -0.2) is 16.5 Å². The van der Waals surface area contributed by atoms with Gasteiger partial charge in [-0.2, -0.15) is 0 Å². The van der Waals surface area contributed by atoms with E-state index in [2.05, 4.69) is 0 Å². The molecule has 0 aliphatic carbocycles. The van der Waals surface area contributed by atoms with Gasteiger partial charge in [-0.25, -0.2) is 0 Å². The van der Waals surface area contributed by atoms with E-state index in [4.69, 9.17) is 15.6 Å². The number of hydrogen-bond donors (Lipinski definition) is 3. The lowest BCUT2D eigenvalue weighted by Crippen LogP contribution is -2.06. The molecule has 1 unspecified atom stereocenters. The van der Waals surface area contributed by atoms with E-state index < -0.39 is 6.29 Å². The van der Waals surface area contributed by atoms with E-state index >= 15 is 0 Å². The van der Waals surface area contributed by atoms with Gasteiger partial charge in [0.05, 0.1) is 6.61 Å². The van der Waals surface area contributed by atoms with E-state index in [1.807, 2.05) is 0 Å². The molecule has 0 saturated heterocycles. The van der Waals surface area contributed by atoms with Gasteiger partial charge in [0.1, 0.15) is 5.75 Å².